The largest absolute Gasteiger partial charge is 0.0985 e. The van der Waals surface area contributed by atoms with Gasteiger partial charge in [0.2, 0.25) is 0 Å². The standard InChI is InChI=1S/C10H15Br/c1-2-3-4-5-6-7-8-9-10-11/h2H,1,5-10H2. The molecule has 0 aromatic rings. The Bertz CT molecular complexity index is 139. The quantitative estimate of drug-likeness (QED) is 0.374. The zero-order valence-corrected chi connectivity index (χ0v) is 8.49. The van der Waals surface area contributed by atoms with Gasteiger partial charge in [0, 0.05) is 11.8 Å². The molecule has 0 saturated heterocycles. The maximum Gasteiger partial charge on any atom is 0.00922 e. The number of unbranched alkanes of at least 4 members (excludes halogenated alkanes) is 4. The number of hydrogen-bond acceptors (Lipinski definition) is 0. The molecule has 0 aliphatic rings. The van der Waals surface area contributed by atoms with Gasteiger partial charge in [-0.15, -0.1) is 0 Å². The Morgan fingerprint density at radius 2 is 1.91 bits per heavy atom. The highest BCUT2D eigenvalue weighted by Crippen LogP contribution is 2.03. The summed E-state index contributed by atoms with van der Waals surface area (Å²) >= 11 is 3.40. The summed E-state index contributed by atoms with van der Waals surface area (Å²) in [6.45, 7) is 3.53. The van der Waals surface area contributed by atoms with Crippen LogP contribution in [0.5, 0.6) is 0 Å². The smallest absolute Gasteiger partial charge is 0.00922 e. The van der Waals surface area contributed by atoms with Gasteiger partial charge >= 0.3 is 0 Å². The molecule has 0 unspecified atom stereocenters. The van der Waals surface area contributed by atoms with Crippen molar-refractivity contribution in [2.45, 2.75) is 32.1 Å². The number of allylic oxidation sites excluding steroid dienone is 1. The first-order chi connectivity index (χ1) is 5.41. The minimum absolute atomic E-state index is 1.02. The molecule has 0 aliphatic carbocycles. The highest BCUT2D eigenvalue weighted by molar-refractivity contribution is 9.09. The summed E-state index contributed by atoms with van der Waals surface area (Å²) in [5.74, 6) is 5.88. The Labute approximate surface area is 78.2 Å². The molecule has 62 valence electrons. The third-order valence-corrected chi connectivity index (χ3v) is 1.95. The van der Waals surface area contributed by atoms with Crippen molar-refractivity contribution in [1.82, 2.24) is 0 Å². The van der Waals surface area contributed by atoms with Crippen molar-refractivity contribution in [2.75, 3.05) is 5.33 Å². The third kappa shape index (κ3) is 9.78. The molecule has 0 heterocycles. The van der Waals surface area contributed by atoms with E-state index in [0.29, 0.717) is 0 Å². The molecular formula is C10H15Br. The van der Waals surface area contributed by atoms with Gasteiger partial charge in [0.1, 0.15) is 0 Å². The van der Waals surface area contributed by atoms with Crippen LogP contribution in [0.3, 0.4) is 0 Å². The van der Waals surface area contributed by atoms with Crippen LogP contribution in [0.4, 0.5) is 0 Å². The number of rotatable bonds is 5. The molecule has 0 saturated carbocycles. The van der Waals surface area contributed by atoms with Crippen molar-refractivity contribution in [1.29, 1.82) is 0 Å². The van der Waals surface area contributed by atoms with Crippen LogP contribution in [0.2, 0.25) is 0 Å². The minimum atomic E-state index is 1.02. The van der Waals surface area contributed by atoms with Crippen LogP contribution < -0.4 is 0 Å². The predicted octanol–water partition coefficient (Wildman–Crippen LogP) is 3.52. The highest BCUT2D eigenvalue weighted by Gasteiger charge is 1.85. The summed E-state index contributed by atoms with van der Waals surface area (Å²) in [6.07, 6.45) is 7.81. The molecule has 1 heteroatoms. The fourth-order valence-electron chi connectivity index (χ4n) is 0.806. The maximum absolute atomic E-state index is 3.53. The van der Waals surface area contributed by atoms with Crippen LogP contribution in [0.1, 0.15) is 32.1 Å². The molecule has 0 N–H and O–H groups in total. The molecule has 0 nitrogen and oxygen atoms in total. The Balaban J connectivity index is 2.96. The van der Waals surface area contributed by atoms with E-state index in [1.807, 2.05) is 0 Å². The molecule has 0 radical (unpaired) electrons. The van der Waals surface area contributed by atoms with Crippen molar-refractivity contribution in [3.8, 4) is 11.8 Å². The molecule has 0 aromatic heterocycles. The third-order valence-electron chi connectivity index (χ3n) is 1.39. The van der Waals surface area contributed by atoms with Gasteiger partial charge in [-0.3, -0.25) is 0 Å². The van der Waals surface area contributed by atoms with Gasteiger partial charge in [-0.25, -0.2) is 0 Å². The minimum Gasteiger partial charge on any atom is -0.0985 e. The maximum atomic E-state index is 3.53. The van der Waals surface area contributed by atoms with Crippen LogP contribution in [0.25, 0.3) is 0 Å². The van der Waals surface area contributed by atoms with E-state index in [4.69, 9.17) is 0 Å². The summed E-state index contributed by atoms with van der Waals surface area (Å²) < 4.78 is 0. The predicted molar refractivity (Wildman–Crippen MR) is 54.9 cm³/mol. The van der Waals surface area contributed by atoms with Gasteiger partial charge in [0.25, 0.3) is 0 Å². The van der Waals surface area contributed by atoms with E-state index in [9.17, 15) is 0 Å². The first-order valence-corrected chi connectivity index (χ1v) is 5.19. The Hall–Kier alpha value is -0.220. The topological polar surface area (TPSA) is 0 Å². The number of alkyl halides is 1. The van der Waals surface area contributed by atoms with Crippen molar-refractivity contribution in [3.05, 3.63) is 12.7 Å². The fraction of sp³-hybridized carbons (Fsp3) is 0.600. The second-order valence-corrected chi connectivity index (χ2v) is 3.17. The van der Waals surface area contributed by atoms with E-state index in [0.717, 1.165) is 11.8 Å². The van der Waals surface area contributed by atoms with E-state index in [-0.39, 0.29) is 0 Å². The van der Waals surface area contributed by atoms with Crippen molar-refractivity contribution >= 4 is 15.9 Å². The molecule has 0 amide bonds. The summed E-state index contributed by atoms with van der Waals surface area (Å²) in [4.78, 5) is 0. The van der Waals surface area contributed by atoms with Crippen LogP contribution >= 0.6 is 15.9 Å². The first kappa shape index (κ1) is 10.8. The van der Waals surface area contributed by atoms with E-state index in [1.54, 1.807) is 6.08 Å². The Morgan fingerprint density at radius 3 is 2.55 bits per heavy atom. The van der Waals surface area contributed by atoms with Crippen molar-refractivity contribution in [3.63, 3.8) is 0 Å². The lowest BCUT2D eigenvalue weighted by Crippen LogP contribution is -1.77. The second kappa shape index (κ2) is 9.78. The van der Waals surface area contributed by atoms with Gasteiger partial charge in [-0.1, -0.05) is 47.2 Å². The first-order valence-electron chi connectivity index (χ1n) is 4.07. The molecule has 0 rings (SSSR count). The van der Waals surface area contributed by atoms with Gasteiger partial charge in [0.05, 0.1) is 0 Å². The summed E-state index contributed by atoms with van der Waals surface area (Å²) in [6, 6.07) is 0. The number of hydrogen-bond donors (Lipinski definition) is 0. The summed E-state index contributed by atoms with van der Waals surface area (Å²) in [5.41, 5.74) is 0. The average Bonchev–Trinajstić information content (AvgIpc) is 2.03. The second-order valence-electron chi connectivity index (χ2n) is 2.38. The summed E-state index contributed by atoms with van der Waals surface area (Å²) in [5, 5.41) is 1.13. The van der Waals surface area contributed by atoms with Crippen LogP contribution in [0, 0.1) is 11.8 Å². The van der Waals surface area contributed by atoms with Crippen LogP contribution in [-0.4, -0.2) is 5.33 Å². The molecule has 0 spiro atoms. The van der Waals surface area contributed by atoms with Crippen LogP contribution in [0.15, 0.2) is 12.7 Å². The van der Waals surface area contributed by atoms with Crippen LogP contribution in [-0.2, 0) is 0 Å². The Morgan fingerprint density at radius 1 is 1.18 bits per heavy atom. The average molecular weight is 215 g/mol. The van der Waals surface area contributed by atoms with E-state index < -0.39 is 0 Å². The van der Waals surface area contributed by atoms with Crippen molar-refractivity contribution in [2.24, 2.45) is 0 Å². The van der Waals surface area contributed by atoms with E-state index in [2.05, 4.69) is 34.3 Å². The lowest BCUT2D eigenvalue weighted by Gasteiger charge is -1.93. The van der Waals surface area contributed by atoms with Gasteiger partial charge in [-0.05, 0) is 18.9 Å². The normalized spacial score (nSPS) is 8.45. The van der Waals surface area contributed by atoms with Gasteiger partial charge in [0.15, 0.2) is 0 Å². The van der Waals surface area contributed by atoms with Gasteiger partial charge < -0.3 is 0 Å². The van der Waals surface area contributed by atoms with E-state index >= 15 is 0 Å². The molecule has 0 bridgehead atoms. The van der Waals surface area contributed by atoms with E-state index in [1.165, 1.54) is 25.7 Å². The zero-order valence-electron chi connectivity index (χ0n) is 6.91. The summed E-state index contributed by atoms with van der Waals surface area (Å²) in [7, 11) is 0. The Kier molecular flexibility index (Phi) is 9.58. The lowest BCUT2D eigenvalue weighted by atomic mass is 10.2. The number of halogens is 1. The SMILES string of the molecule is C=CC#CCCCCCCBr. The van der Waals surface area contributed by atoms with Gasteiger partial charge in [-0.2, -0.15) is 0 Å². The lowest BCUT2D eigenvalue weighted by molar-refractivity contribution is 0.685. The molecule has 0 fully saturated rings. The molecule has 0 atom stereocenters. The zero-order chi connectivity index (χ0) is 8.36. The molecular weight excluding hydrogens is 200 g/mol. The molecule has 0 aromatic carbocycles. The van der Waals surface area contributed by atoms with Crippen molar-refractivity contribution < 1.29 is 0 Å². The molecule has 0 aliphatic heterocycles. The fourth-order valence-corrected chi connectivity index (χ4v) is 1.20. The molecule has 11 heavy (non-hydrogen) atoms. The highest BCUT2D eigenvalue weighted by atomic mass is 79.9. The monoisotopic (exact) mass is 214 g/mol.